The van der Waals surface area contributed by atoms with Crippen molar-refractivity contribution in [1.82, 2.24) is 10.3 Å². The molecule has 3 amide bonds. The fourth-order valence-corrected chi connectivity index (χ4v) is 0.758. The molecule has 0 saturated heterocycles. The summed E-state index contributed by atoms with van der Waals surface area (Å²) in [5, 5.41) is 3.08. The highest BCUT2D eigenvalue weighted by atomic mass is 19.4. The van der Waals surface area contributed by atoms with E-state index < -0.39 is 18.1 Å². The van der Waals surface area contributed by atoms with Gasteiger partial charge in [-0.2, -0.15) is 13.2 Å². The second-order valence-electron chi connectivity index (χ2n) is 2.62. The molecule has 0 unspecified atom stereocenters. The number of hydrogen-bond acceptors (Lipinski definition) is 3. The molecule has 1 aromatic heterocycles. The summed E-state index contributed by atoms with van der Waals surface area (Å²) in [6.07, 6.45) is -3.76. The summed E-state index contributed by atoms with van der Waals surface area (Å²) in [6, 6.07) is 3.15. The van der Waals surface area contributed by atoms with E-state index in [1.165, 1.54) is 18.3 Å². The van der Waals surface area contributed by atoms with Gasteiger partial charge in [-0.25, -0.2) is 9.78 Å². The molecule has 0 aromatic carbocycles. The molecule has 2 N–H and O–H groups in total. The van der Waals surface area contributed by atoms with Gasteiger partial charge in [0, 0.05) is 6.20 Å². The van der Waals surface area contributed by atoms with Gasteiger partial charge in [0.05, 0.1) is 0 Å². The molecule has 0 bridgehead atoms. The molecule has 0 fully saturated rings. The summed E-state index contributed by atoms with van der Waals surface area (Å²) in [7, 11) is 0. The number of imide groups is 1. The quantitative estimate of drug-likeness (QED) is 0.767. The van der Waals surface area contributed by atoms with Crippen molar-refractivity contribution >= 4 is 17.8 Å². The first-order valence-corrected chi connectivity index (χ1v) is 4.00. The van der Waals surface area contributed by atoms with E-state index >= 15 is 0 Å². The van der Waals surface area contributed by atoms with Crippen molar-refractivity contribution in [3.05, 3.63) is 24.4 Å². The number of halogens is 3. The number of urea groups is 1. The Morgan fingerprint density at radius 1 is 1.25 bits per heavy atom. The lowest BCUT2D eigenvalue weighted by Gasteiger charge is -2.07. The van der Waals surface area contributed by atoms with Gasteiger partial charge in [0.1, 0.15) is 5.82 Å². The average molecular weight is 233 g/mol. The molecule has 0 spiro atoms. The number of nitrogens with zero attached hydrogens (tertiary/aromatic N) is 1. The average Bonchev–Trinajstić information content (AvgIpc) is 2.17. The lowest BCUT2D eigenvalue weighted by Crippen LogP contribution is -2.42. The number of amides is 3. The van der Waals surface area contributed by atoms with E-state index in [9.17, 15) is 22.8 Å². The highest BCUT2D eigenvalue weighted by Gasteiger charge is 2.39. The Balaban J connectivity index is 2.52. The maximum Gasteiger partial charge on any atom is 0.471 e. The van der Waals surface area contributed by atoms with Crippen molar-refractivity contribution in [3.8, 4) is 0 Å². The molecule has 0 atom stereocenters. The van der Waals surface area contributed by atoms with Crippen LogP contribution in [0.5, 0.6) is 0 Å². The van der Waals surface area contributed by atoms with Gasteiger partial charge in [0.15, 0.2) is 0 Å². The molecule has 1 rings (SSSR count). The number of hydrogen-bond donors (Lipinski definition) is 2. The molecular formula is C8H6F3N3O2. The molecule has 0 aliphatic heterocycles. The van der Waals surface area contributed by atoms with Crippen LogP contribution in [0.25, 0.3) is 0 Å². The maximum absolute atomic E-state index is 11.7. The third-order valence-corrected chi connectivity index (χ3v) is 1.39. The lowest BCUT2D eigenvalue weighted by molar-refractivity contribution is -0.172. The second kappa shape index (κ2) is 4.60. The summed E-state index contributed by atoms with van der Waals surface area (Å²) < 4.78 is 35.2. The van der Waals surface area contributed by atoms with Gasteiger partial charge in [0.25, 0.3) is 0 Å². The SMILES string of the molecule is O=C(NC(=O)C(F)(F)F)Nc1ccccn1. The zero-order chi connectivity index (χ0) is 12.2. The van der Waals surface area contributed by atoms with E-state index in [1.54, 1.807) is 6.07 Å². The van der Waals surface area contributed by atoms with Gasteiger partial charge in [0.2, 0.25) is 0 Å². The Bertz CT molecular complexity index is 391. The Hall–Kier alpha value is -2.12. The van der Waals surface area contributed by atoms with E-state index in [-0.39, 0.29) is 5.82 Å². The molecule has 86 valence electrons. The van der Waals surface area contributed by atoms with Crippen LogP contribution >= 0.6 is 0 Å². The minimum absolute atomic E-state index is 0.0370. The van der Waals surface area contributed by atoms with Gasteiger partial charge < -0.3 is 0 Å². The number of anilines is 1. The second-order valence-corrected chi connectivity index (χ2v) is 2.62. The Morgan fingerprint density at radius 2 is 1.94 bits per heavy atom. The highest BCUT2D eigenvalue weighted by molar-refractivity contribution is 6.02. The lowest BCUT2D eigenvalue weighted by atomic mass is 10.5. The van der Waals surface area contributed by atoms with Gasteiger partial charge in [-0.05, 0) is 12.1 Å². The summed E-state index contributed by atoms with van der Waals surface area (Å²) in [5.41, 5.74) is 0. The molecule has 1 aromatic rings. The number of carbonyl (C=O) groups excluding carboxylic acids is 2. The van der Waals surface area contributed by atoms with Crippen LogP contribution in [0.3, 0.4) is 0 Å². The van der Waals surface area contributed by atoms with Gasteiger partial charge >= 0.3 is 18.1 Å². The minimum Gasteiger partial charge on any atom is -0.292 e. The predicted octanol–water partition coefficient (Wildman–Crippen LogP) is 1.29. The first-order chi connectivity index (χ1) is 7.39. The van der Waals surface area contributed by atoms with Crippen LogP contribution in [0.15, 0.2) is 24.4 Å². The molecule has 0 radical (unpaired) electrons. The summed E-state index contributed by atoms with van der Waals surface area (Å²) in [6.45, 7) is 0. The molecule has 8 heteroatoms. The maximum atomic E-state index is 11.7. The van der Waals surface area contributed by atoms with Crippen molar-refractivity contribution in [2.75, 3.05) is 5.32 Å². The first-order valence-electron chi connectivity index (χ1n) is 4.00. The normalized spacial score (nSPS) is 10.7. The Morgan fingerprint density at radius 3 is 2.44 bits per heavy atom. The van der Waals surface area contributed by atoms with Crippen LogP contribution in [0.4, 0.5) is 23.8 Å². The van der Waals surface area contributed by atoms with Gasteiger partial charge in [-0.3, -0.25) is 15.4 Å². The molecule has 0 aliphatic rings. The molecule has 0 saturated carbocycles. The minimum atomic E-state index is -5.10. The summed E-state index contributed by atoms with van der Waals surface area (Å²) in [5.74, 6) is -2.30. The molecule has 5 nitrogen and oxygen atoms in total. The third kappa shape index (κ3) is 3.56. The molecular weight excluding hydrogens is 227 g/mol. The van der Waals surface area contributed by atoms with Crippen molar-refractivity contribution in [2.24, 2.45) is 0 Å². The molecule has 1 heterocycles. The largest absolute Gasteiger partial charge is 0.471 e. The monoisotopic (exact) mass is 233 g/mol. The standard InChI is InChI=1S/C8H6F3N3O2/c9-8(10,11)6(15)14-7(16)13-5-3-1-2-4-12-5/h1-4H,(H2,12,13,14,15,16). The van der Waals surface area contributed by atoms with Crippen LogP contribution in [-0.2, 0) is 4.79 Å². The predicted molar refractivity (Wildman–Crippen MR) is 47.5 cm³/mol. The van der Waals surface area contributed by atoms with Crippen molar-refractivity contribution in [2.45, 2.75) is 6.18 Å². The topological polar surface area (TPSA) is 71.1 Å². The fourth-order valence-electron chi connectivity index (χ4n) is 0.758. The summed E-state index contributed by atoms with van der Waals surface area (Å²) in [4.78, 5) is 24.9. The van der Waals surface area contributed by atoms with E-state index in [0.717, 1.165) is 5.32 Å². The van der Waals surface area contributed by atoms with E-state index in [0.29, 0.717) is 0 Å². The van der Waals surface area contributed by atoms with Crippen LogP contribution in [-0.4, -0.2) is 23.1 Å². The van der Waals surface area contributed by atoms with Crippen LogP contribution < -0.4 is 10.6 Å². The van der Waals surface area contributed by atoms with Gasteiger partial charge in [-0.15, -0.1) is 0 Å². The Kier molecular flexibility index (Phi) is 3.44. The number of rotatable bonds is 1. The highest BCUT2D eigenvalue weighted by Crippen LogP contribution is 2.14. The van der Waals surface area contributed by atoms with E-state index in [2.05, 4.69) is 4.98 Å². The number of nitrogens with one attached hydrogen (secondary N) is 2. The van der Waals surface area contributed by atoms with Crippen molar-refractivity contribution in [3.63, 3.8) is 0 Å². The van der Waals surface area contributed by atoms with Gasteiger partial charge in [-0.1, -0.05) is 6.07 Å². The number of pyridine rings is 1. The van der Waals surface area contributed by atoms with Crippen LogP contribution in [0.2, 0.25) is 0 Å². The number of alkyl halides is 3. The van der Waals surface area contributed by atoms with Crippen molar-refractivity contribution in [1.29, 1.82) is 0 Å². The van der Waals surface area contributed by atoms with E-state index in [4.69, 9.17) is 0 Å². The van der Waals surface area contributed by atoms with Crippen molar-refractivity contribution < 1.29 is 22.8 Å². The van der Waals surface area contributed by atoms with Crippen LogP contribution in [0, 0.1) is 0 Å². The smallest absolute Gasteiger partial charge is 0.292 e. The third-order valence-electron chi connectivity index (χ3n) is 1.39. The number of carbonyl (C=O) groups is 2. The zero-order valence-corrected chi connectivity index (χ0v) is 7.71. The van der Waals surface area contributed by atoms with E-state index in [1.807, 2.05) is 5.32 Å². The zero-order valence-electron chi connectivity index (χ0n) is 7.71. The summed E-state index contributed by atoms with van der Waals surface area (Å²) >= 11 is 0. The van der Waals surface area contributed by atoms with Crippen LogP contribution in [0.1, 0.15) is 0 Å². The Labute approximate surface area is 87.7 Å². The molecule has 0 aliphatic carbocycles. The molecule has 16 heavy (non-hydrogen) atoms. The number of aromatic nitrogens is 1. The first kappa shape index (κ1) is 12.0. The fraction of sp³-hybridized carbons (Fsp3) is 0.125.